The molecule has 8 nitrogen and oxygen atoms in total. The normalized spacial score (nSPS) is 11.6. The molecule has 1 aromatic carbocycles. The lowest BCUT2D eigenvalue weighted by atomic mass is 10.0. The maximum absolute atomic E-state index is 11.9. The molecular formula is C18H27N3O5. The molecule has 0 fully saturated rings. The van der Waals surface area contributed by atoms with Crippen LogP contribution in [0.5, 0.6) is 0 Å². The van der Waals surface area contributed by atoms with Gasteiger partial charge in [-0.1, -0.05) is 24.3 Å². The van der Waals surface area contributed by atoms with Crippen molar-refractivity contribution in [2.45, 2.75) is 51.0 Å². The number of amides is 2. The number of carbonyl (C=O) groups excluding carboxylic acids is 2. The zero-order chi connectivity index (χ0) is 19.4. The summed E-state index contributed by atoms with van der Waals surface area (Å²) in [5.74, 6) is -2.26. The summed E-state index contributed by atoms with van der Waals surface area (Å²) >= 11 is 0. The summed E-state index contributed by atoms with van der Waals surface area (Å²) in [4.78, 5) is 34.0. The smallest absolute Gasteiger partial charge is 0.303 e. The van der Waals surface area contributed by atoms with E-state index in [2.05, 4.69) is 17.4 Å². The molecule has 6 N–H and O–H groups in total. The molecule has 1 atom stereocenters. The first-order valence-corrected chi connectivity index (χ1v) is 8.69. The number of rotatable bonds is 12. The van der Waals surface area contributed by atoms with Crippen molar-refractivity contribution in [1.82, 2.24) is 10.8 Å². The molecule has 26 heavy (non-hydrogen) atoms. The predicted octanol–water partition coefficient (Wildman–Crippen LogP) is 0.756. The van der Waals surface area contributed by atoms with Crippen molar-refractivity contribution >= 4 is 17.8 Å². The Morgan fingerprint density at radius 2 is 1.58 bits per heavy atom. The van der Waals surface area contributed by atoms with Crippen LogP contribution in [-0.2, 0) is 27.2 Å². The number of benzene rings is 1. The van der Waals surface area contributed by atoms with Crippen molar-refractivity contribution in [3.63, 3.8) is 0 Å². The number of aliphatic carboxylic acids is 1. The van der Waals surface area contributed by atoms with Crippen molar-refractivity contribution in [3.05, 3.63) is 35.4 Å². The average Bonchev–Trinajstić information content (AvgIpc) is 2.63. The van der Waals surface area contributed by atoms with Crippen molar-refractivity contribution < 1.29 is 24.7 Å². The summed E-state index contributed by atoms with van der Waals surface area (Å²) in [5, 5.41) is 19.8. The number of hydrogen-bond acceptors (Lipinski definition) is 5. The first-order valence-electron chi connectivity index (χ1n) is 8.69. The van der Waals surface area contributed by atoms with Crippen LogP contribution in [0.3, 0.4) is 0 Å². The molecular weight excluding hydrogens is 338 g/mol. The zero-order valence-electron chi connectivity index (χ0n) is 14.7. The van der Waals surface area contributed by atoms with Gasteiger partial charge in [0, 0.05) is 12.8 Å². The van der Waals surface area contributed by atoms with E-state index in [1.807, 2.05) is 12.1 Å². The van der Waals surface area contributed by atoms with Crippen LogP contribution in [0.4, 0.5) is 0 Å². The molecule has 0 aliphatic heterocycles. The molecule has 8 heteroatoms. The van der Waals surface area contributed by atoms with Gasteiger partial charge in [-0.15, -0.1) is 0 Å². The molecule has 0 aliphatic carbocycles. The van der Waals surface area contributed by atoms with Crippen molar-refractivity contribution in [2.24, 2.45) is 5.73 Å². The van der Waals surface area contributed by atoms with Gasteiger partial charge in [-0.25, -0.2) is 5.48 Å². The fourth-order valence-corrected chi connectivity index (χ4v) is 2.51. The lowest BCUT2D eigenvalue weighted by Crippen LogP contribution is -2.46. The van der Waals surface area contributed by atoms with Crippen LogP contribution >= 0.6 is 0 Å². The number of nitrogens with two attached hydrogens (primary N) is 1. The summed E-state index contributed by atoms with van der Waals surface area (Å²) in [6.45, 7) is 0.665. The predicted molar refractivity (Wildman–Crippen MR) is 95.5 cm³/mol. The third kappa shape index (κ3) is 8.59. The molecule has 0 bridgehead atoms. The maximum Gasteiger partial charge on any atom is 0.303 e. The minimum absolute atomic E-state index is 0.0856. The van der Waals surface area contributed by atoms with Gasteiger partial charge >= 0.3 is 5.97 Å². The van der Waals surface area contributed by atoms with Crippen LogP contribution in [-0.4, -0.2) is 40.7 Å². The van der Waals surface area contributed by atoms with E-state index >= 15 is 0 Å². The van der Waals surface area contributed by atoms with E-state index < -0.39 is 17.9 Å². The van der Waals surface area contributed by atoms with Crippen LogP contribution < -0.4 is 16.5 Å². The SMILES string of the molecule is NCCCc1ccc(CCCC(=O)NC(CCC(=O)O)C(=O)NO)cc1. The molecule has 1 aromatic rings. The Bertz CT molecular complexity index is 589. The van der Waals surface area contributed by atoms with E-state index in [1.165, 1.54) is 11.0 Å². The molecule has 0 radical (unpaired) electrons. The van der Waals surface area contributed by atoms with Gasteiger partial charge < -0.3 is 16.2 Å². The molecule has 2 amide bonds. The van der Waals surface area contributed by atoms with E-state index in [1.54, 1.807) is 0 Å². The highest BCUT2D eigenvalue weighted by molar-refractivity contribution is 5.87. The second-order valence-corrected chi connectivity index (χ2v) is 6.09. The van der Waals surface area contributed by atoms with Crippen molar-refractivity contribution in [2.75, 3.05) is 6.54 Å². The third-order valence-electron chi connectivity index (χ3n) is 3.97. The molecule has 1 unspecified atom stereocenters. The van der Waals surface area contributed by atoms with Gasteiger partial charge in [0.1, 0.15) is 6.04 Å². The molecule has 144 valence electrons. The molecule has 0 aromatic heterocycles. The summed E-state index contributed by atoms with van der Waals surface area (Å²) in [6.07, 6.45) is 3.05. The van der Waals surface area contributed by atoms with Gasteiger partial charge in [0.05, 0.1) is 0 Å². The molecule has 1 rings (SSSR count). The number of carboxylic acids is 1. The summed E-state index contributed by atoms with van der Waals surface area (Å²) < 4.78 is 0. The van der Waals surface area contributed by atoms with Crippen LogP contribution in [0.15, 0.2) is 24.3 Å². The fourth-order valence-electron chi connectivity index (χ4n) is 2.51. The van der Waals surface area contributed by atoms with Gasteiger partial charge in [-0.05, 0) is 49.8 Å². The second-order valence-electron chi connectivity index (χ2n) is 6.09. The number of carboxylic acid groups (broad SMARTS) is 1. The number of nitrogens with one attached hydrogen (secondary N) is 2. The zero-order valence-corrected chi connectivity index (χ0v) is 14.7. The molecule has 0 saturated heterocycles. The Labute approximate surface area is 152 Å². The maximum atomic E-state index is 11.9. The average molecular weight is 365 g/mol. The molecule has 0 spiro atoms. The number of hydroxylamine groups is 1. The van der Waals surface area contributed by atoms with E-state index in [0.717, 1.165) is 24.8 Å². The monoisotopic (exact) mass is 365 g/mol. The Morgan fingerprint density at radius 3 is 2.08 bits per heavy atom. The Kier molecular flexibility index (Phi) is 9.96. The van der Waals surface area contributed by atoms with Crippen LogP contribution in [0.2, 0.25) is 0 Å². The summed E-state index contributed by atoms with van der Waals surface area (Å²) in [7, 11) is 0. The molecule has 0 saturated carbocycles. The van der Waals surface area contributed by atoms with Crippen molar-refractivity contribution in [1.29, 1.82) is 0 Å². The first-order chi connectivity index (χ1) is 12.5. The van der Waals surface area contributed by atoms with E-state index in [4.69, 9.17) is 16.0 Å². The van der Waals surface area contributed by atoms with E-state index in [-0.39, 0.29) is 25.2 Å². The summed E-state index contributed by atoms with van der Waals surface area (Å²) in [5.41, 5.74) is 9.28. The fraction of sp³-hybridized carbons (Fsp3) is 0.500. The highest BCUT2D eigenvalue weighted by Gasteiger charge is 2.21. The van der Waals surface area contributed by atoms with E-state index in [9.17, 15) is 14.4 Å². The molecule has 0 heterocycles. The number of aryl methyl sites for hydroxylation is 2. The van der Waals surface area contributed by atoms with Crippen molar-refractivity contribution in [3.8, 4) is 0 Å². The second kappa shape index (κ2) is 12.0. The van der Waals surface area contributed by atoms with E-state index in [0.29, 0.717) is 13.0 Å². The molecule has 0 aliphatic rings. The Morgan fingerprint density at radius 1 is 1.00 bits per heavy atom. The first kappa shape index (κ1) is 21.6. The third-order valence-corrected chi connectivity index (χ3v) is 3.97. The topological polar surface area (TPSA) is 142 Å². The lowest BCUT2D eigenvalue weighted by molar-refractivity contribution is -0.139. The van der Waals surface area contributed by atoms with Gasteiger partial charge in [0.15, 0.2) is 0 Å². The number of hydrogen-bond donors (Lipinski definition) is 5. The Balaban J connectivity index is 2.39. The largest absolute Gasteiger partial charge is 0.481 e. The van der Waals surface area contributed by atoms with Crippen LogP contribution in [0.1, 0.15) is 43.2 Å². The summed E-state index contributed by atoms with van der Waals surface area (Å²) in [6, 6.07) is 7.10. The van der Waals surface area contributed by atoms with Gasteiger partial charge in [-0.2, -0.15) is 0 Å². The standard InChI is InChI=1S/C18H27N3O5/c19-12-2-4-14-8-6-13(7-9-14)3-1-5-16(22)20-15(18(25)21-26)10-11-17(23)24/h6-9,15,26H,1-5,10-12,19H2,(H,20,22)(H,21,25)(H,23,24). The van der Waals surface area contributed by atoms with Crippen LogP contribution in [0, 0.1) is 0 Å². The highest BCUT2D eigenvalue weighted by Crippen LogP contribution is 2.10. The highest BCUT2D eigenvalue weighted by atomic mass is 16.5. The quantitative estimate of drug-likeness (QED) is 0.273. The van der Waals surface area contributed by atoms with Gasteiger partial charge in [0.2, 0.25) is 5.91 Å². The van der Waals surface area contributed by atoms with Gasteiger partial charge in [0.25, 0.3) is 5.91 Å². The van der Waals surface area contributed by atoms with Crippen LogP contribution in [0.25, 0.3) is 0 Å². The Hall–Kier alpha value is -2.45. The lowest BCUT2D eigenvalue weighted by Gasteiger charge is -2.15. The minimum Gasteiger partial charge on any atom is -0.481 e. The minimum atomic E-state index is -1.08. The van der Waals surface area contributed by atoms with Gasteiger partial charge in [-0.3, -0.25) is 19.6 Å². The number of carbonyl (C=O) groups is 3.